The molecule has 0 aromatic rings. The Kier molecular flexibility index (Phi) is 6.37. The highest BCUT2D eigenvalue weighted by molar-refractivity contribution is 4.99. The minimum atomic E-state index is 0.585. The first-order chi connectivity index (χ1) is 8.58. The van der Waals surface area contributed by atoms with Gasteiger partial charge in [0.1, 0.15) is 0 Å². The quantitative estimate of drug-likeness (QED) is 0.684. The molecule has 0 aromatic heterocycles. The second-order valence-electron chi connectivity index (χ2n) is 6.24. The zero-order valence-corrected chi connectivity index (χ0v) is 12.7. The number of hydrogen-bond acceptors (Lipinski definition) is 2. The van der Waals surface area contributed by atoms with Crippen molar-refractivity contribution in [3.8, 4) is 0 Å². The van der Waals surface area contributed by atoms with Gasteiger partial charge in [-0.3, -0.25) is 0 Å². The normalized spacial score (nSPS) is 33.1. The number of nitrogens with two attached hydrogens (primary N) is 1. The van der Waals surface area contributed by atoms with Gasteiger partial charge in [-0.1, -0.05) is 33.3 Å². The van der Waals surface area contributed by atoms with Crippen LogP contribution in [-0.4, -0.2) is 19.6 Å². The molecule has 0 saturated heterocycles. The van der Waals surface area contributed by atoms with E-state index in [1.807, 2.05) is 0 Å². The Bertz CT molecular complexity index is 251. The minimum absolute atomic E-state index is 0.585. The van der Waals surface area contributed by atoms with E-state index in [1.165, 1.54) is 19.3 Å². The summed E-state index contributed by atoms with van der Waals surface area (Å²) in [7, 11) is 2.11. The van der Waals surface area contributed by atoms with Gasteiger partial charge < -0.3 is 11.1 Å². The molecular weight excluding hydrogens is 220 g/mol. The molecule has 2 heteroatoms. The van der Waals surface area contributed by atoms with Crippen LogP contribution in [0, 0.1) is 29.6 Å². The lowest BCUT2D eigenvalue weighted by Crippen LogP contribution is -2.45. The molecular formula is C16H32N2. The Balaban J connectivity index is 2.83. The van der Waals surface area contributed by atoms with Crippen LogP contribution >= 0.6 is 0 Å². The molecule has 0 amide bonds. The predicted molar refractivity (Wildman–Crippen MR) is 80.4 cm³/mol. The lowest BCUT2D eigenvalue weighted by atomic mass is 9.75. The van der Waals surface area contributed by atoms with E-state index in [9.17, 15) is 0 Å². The third-order valence-corrected chi connectivity index (χ3v) is 5.03. The smallest absolute Gasteiger partial charge is 0.0129 e. The molecule has 1 saturated carbocycles. The Hall–Kier alpha value is -0.340. The molecule has 1 rings (SSSR count). The molecule has 1 fully saturated rings. The van der Waals surface area contributed by atoms with E-state index < -0.39 is 0 Å². The molecule has 0 radical (unpaired) electrons. The third kappa shape index (κ3) is 3.36. The summed E-state index contributed by atoms with van der Waals surface area (Å²) in [5.41, 5.74) is 5.89. The van der Waals surface area contributed by atoms with Gasteiger partial charge in [-0.15, -0.1) is 6.58 Å². The second-order valence-corrected chi connectivity index (χ2v) is 6.24. The van der Waals surface area contributed by atoms with Gasteiger partial charge in [0, 0.05) is 6.04 Å². The highest BCUT2D eigenvalue weighted by atomic mass is 14.9. The largest absolute Gasteiger partial charge is 0.330 e. The van der Waals surface area contributed by atoms with Crippen molar-refractivity contribution < 1.29 is 0 Å². The number of rotatable bonds is 7. The predicted octanol–water partition coefficient (Wildman–Crippen LogP) is 3.04. The van der Waals surface area contributed by atoms with E-state index in [0.29, 0.717) is 23.8 Å². The zero-order chi connectivity index (χ0) is 13.7. The zero-order valence-electron chi connectivity index (χ0n) is 12.7. The van der Waals surface area contributed by atoms with Gasteiger partial charge in [0.25, 0.3) is 0 Å². The first-order valence-electron chi connectivity index (χ1n) is 7.58. The molecule has 1 aliphatic carbocycles. The van der Waals surface area contributed by atoms with E-state index in [1.54, 1.807) is 0 Å². The molecule has 0 aliphatic heterocycles. The lowest BCUT2D eigenvalue weighted by Gasteiger charge is -2.36. The summed E-state index contributed by atoms with van der Waals surface area (Å²) < 4.78 is 0. The van der Waals surface area contributed by atoms with Gasteiger partial charge in [-0.2, -0.15) is 0 Å². The van der Waals surface area contributed by atoms with Crippen LogP contribution in [0.1, 0.15) is 40.0 Å². The maximum atomic E-state index is 5.89. The van der Waals surface area contributed by atoms with E-state index >= 15 is 0 Å². The van der Waals surface area contributed by atoms with Crippen molar-refractivity contribution in [1.29, 1.82) is 0 Å². The third-order valence-electron chi connectivity index (χ3n) is 5.03. The standard InChI is InChI=1S/C16H32N2/c1-6-13-8-11(3)9-15(13)16(18-5)14(7-2)12(4)10-17/h6,11-16,18H,1,7-10,17H2,2-5H3. The van der Waals surface area contributed by atoms with Crippen molar-refractivity contribution in [2.45, 2.75) is 46.1 Å². The molecule has 0 bridgehead atoms. The van der Waals surface area contributed by atoms with Crippen LogP contribution in [0.2, 0.25) is 0 Å². The lowest BCUT2D eigenvalue weighted by molar-refractivity contribution is 0.187. The van der Waals surface area contributed by atoms with Gasteiger partial charge in [-0.25, -0.2) is 0 Å². The van der Waals surface area contributed by atoms with E-state index in [2.05, 4.69) is 45.8 Å². The summed E-state index contributed by atoms with van der Waals surface area (Å²) in [6, 6.07) is 0.585. The summed E-state index contributed by atoms with van der Waals surface area (Å²) in [5, 5.41) is 3.59. The van der Waals surface area contributed by atoms with Crippen molar-refractivity contribution >= 4 is 0 Å². The van der Waals surface area contributed by atoms with Crippen LogP contribution < -0.4 is 11.1 Å². The van der Waals surface area contributed by atoms with Crippen LogP contribution in [0.4, 0.5) is 0 Å². The van der Waals surface area contributed by atoms with Crippen molar-refractivity contribution in [3.63, 3.8) is 0 Å². The van der Waals surface area contributed by atoms with Crippen molar-refractivity contribution in [2.75, 3.05) is 13.6 Å². The maximum Gasteiger partial charge on any atom is 0.0129 e. The second kappa shape index (κ2) is 7.30. The topological polar surface area (TPSA) is 38.0 Å². The molecule has 6 atom stereocenters. The highest BCUT2D eigenvalue weighted by Crippen LogP contribution is 2.42. The molecule has 1 aliphatic rings. The summed E-state index contributed by atoms with van der Waals surface area (Å²) in [6.45, 7) is 11.8. The van der Waals surface area contributed by atoms with Gasteiger partial charge in [0.05, 0.1) is 0 Å². The Morgan fingerprint density at radius 3 is 2.56 bits per heavy atom. The first-order valence-corrected chi connectivity index (χ1v) is 7.58. The first kappa shape index (κ1) is 15.7. The van der Waals surface area contributed by atoms with E-state index in [0.717, 1.165) is 18.4 Å². The molecule has 2 nitrogen and oxygen atoms in total. The van der Waals surface area contributed by atoms with Crippen LogP contribution in [0.25, 0.3) is 0 Å². The summed E-state index contributed by atoms with van der Waals surface area (Å²) in [5.74, 6) is 3.52. The fraction of sp³-hybridized carbons (Fsp3) is 0.875. The van der Waals surface area contributed by atoms with Crippen molar-refractivity contribution in [3.05, 3.63) is 12.7 Å². The van der Waals surface area contributed by atoms with Crippen LogP contribution in [0.3, 0.4) is 0 Å². The fourth-order valence-electron chi connectivity index (χ4n) is 3.99. The van der Waals surface area contributed by atoms with Crippen molar-refractivity contribution in [2.24, 2.45) is 35.3 Å². The average Bonchev–Trinajstić information content (AvgIpc) is 2.75. The Labute approximate surface area is 113 Å². The fourth-order valence-corrected chi connectivity index (χ4v) is 3.99. The van der Waals surface area contributed by atoms with Crippen molar-refractivity contribution in [1.82, 2.24) is 5.32 Å². The number of nitrogens with one attached hydrogen (secondary N) is 1. The number of hydrogen-bond donors (Lipinski definition) is 2. The van der Waals surface area contributed by atoms with Gasteiger partial charge in [-0.05, 0) is 56.0 Å². The molecule has 0 aromatic carbocycles. The number of allylic oxidation sites excluding steroid dienone is 1. The minimum Gasteiger partial charge on any atom is -0.330 e. The monoisotopic (exact) mass is 252 g/mol. The summed E-state index contributed by atoms with van der Waals surface area (Å²) in [4.78, 5) is 0. The summed E-state index contributed by atoms with van der Waals surface area (Å²) >= 11 is 0. The summed E-state index contributed by atoms with van der Waals surface area (Å²) in [6.07, 6.45) is 6.02. The molecule has 0 heterocycles. The maximum absolute atomic E-state index is 5.89. The van der Waals surface area contributed by atoms with E-state index in [-0.39, 0.29) is 0 Å². The SMILES string of the molecule is C=CC1CC(C)CC1C(NC)C(CC)C(C)CN. The van der Waals surface area contributed by atoms with Crippen LogP contribution in [0.5, 0.6) is 0 Å². The molecule has 0 spiro atoms. The molecule has 106 valence electrons. The average molecular weight is 252 g/mol. The Morgan fingerprint density at radius 2 is 2.11 bits per heavy atom. The van der Waals surface area contributed by atoms with E-state index in [4.69, 9.17) is 5.73 Å². The van der Waals surface area contributed by atoms with Gasteiger partial charge >= 0.3 is 0 Å². The van der Waals surface area contributed by atoms with Gasteiger partial charge in [0.15, 0.2) is 0 Å². The van der Waals surface area contributed by atoms with Crippen LogP contribution in [0.15, 0.2) is 12.7 Å². The van der Waals surface area contributed by atoms with Crippen LogP contribution in [-0.2, 0) is 0 Å². The Morgan fingerprint density at radius 1 is 1.44 bits per heavy atom. The van der Waals surface area contributed by atoms with Gasteiger partial charge in [0.2, 0.25) is 0 Å². The molecule has 6 unspecified atom stereocenters. The molecule has 3 N–H and O–H groups in total. The molecule has 18 heavy (non-hydrogen) atoms. The highest BCUT2D eigenvalue weighted by Gasteiger charge is 2.39.